The van der Waals surface area contributed by atoms with Crippen molar-refractivity contribution < 1.29 is 4.74 Å². The molecule has 1 fully saturated rings. The molecule has 78 valence electrons. The van der Waals surface area contributed by atoms with Crippen LogP contribution in [0.5, 0.6) is 0 Å². The molecule has 13 heavy (non-hydrogen) atoms. The normalized spacial score (nSPS) is 20.5. The first-order valence-corrected chi connectivity index (χ1v) is 9.40. The van der Waals surface area contributed by atoms with E-state index in [1.165, 1.54) is 38.1 Å². The first-order valence-electron chi connectivity index (χ1n) is 5.69. The lowest BCUT2D eigenvalue weighted by molar-refractivity contribution is 0.0364. The summed E-state index contributed by atoms with van der Waals surface area (Å²) in [5.41, 5.74) is 0. The summed E-state index contributed by atoms with van der Waals surface area (Å²) in [6.07, 6.45) is 7.42. The molecule has 1 nitrogen and oxygen atoms in total. The van der Waals surface area contributed by atoms with E-state index < -0.39 is 8.07 Å². The van der Waals surface area contributed by atoms with Crippen LogP contribution in [0.25, 0.3) is 0 Å². The summed E-state index contributed by atoms with van der Waals surface area (Å²) in [6.45, 7) is 8.26. The lowest BCUT2D eigenvalue weighted by Crippen LogP contribution is -2.24. The minimum atomic E-state index is -0.867. The fraction of sp³-hybridized carbons (Fsp3) is 1.00. The highest BCUT2D eigenvalue weighted by Crippen LogP contribution is 2.21. The van der Waals surface area contributed by atoms with Crippen molar-refractivity contribution in [2.75, 3.05) is 6.61 Å². The van der Waals surface area contributed by atoms with Crippen LogP contribution in [0.2, 0.25) is 25.7 Å². The third-order valence-electron chi connectivity index (χ3n) is 2.76. The summed E-state index contributed by atoms with van der Waals surface area (Å²) in [4.78, 5) is 0. The maximum Gasteiger partial charge on any atom is 0.0575 e. The molecule has 0 radical (unpaired) electrons. The van der Waals surface area contributed by atoms with E-state index in [2.05, 4.69) is 19.6 Å². The molecule has 1 aliphatic carbocycles. The minimum absolute atomic E-state index is 0.602. The smallest absolute Gasteiger partial charge is 0.0575 e. The minimum Gasteiger partial charge on any atom is -0.379 e. The number of rotatable bonds is 4. The van der Waals surface area contributed by atoms with E-state index in [1.807, 2.05) is 0 Å². The van der Waals surface area contributed by atoms with Gasteiger partial charge in [0.1, 0.15) is 0 Å². The monoisotopic (exact) mass is 200 g/mol. The molecule has 1 saturated carbocycles. The van der Waals surface area contributed by atoms with Crippen LogP contribution in [0.3, 0.4) is 0 Å². The van der Waals surface area contributed by atoms with E-state index in [0.29, 0.717) is 6.10 Å². The second-order valence-electron chi connectivity index (χ2n) is 5.44. The third kappa shape index (κ3) is 5.48. The summed E-state index contributed by atoms with van der Waals surface area (Å²) < 4.78 is 5.89. The van der Waals surface area contributed by atoms with Crippen LogP contribution in [0.15, 0.2) is 0 Å². The van der Waals surface area contributed by atoms with Gasteiger partial charge in [-0.3, -0.25) is 0 Å². The second-order valence-corrected chi connectivity index (χ2v) is 11.1. The average molecular weight is 200 g/mol. The maximum absolute atomic E-state index is 5.89. The Morgan fingerprint density at radius 2 is 1.69 bits per heavy atom. The fourth-order valence-electron chi connectivity index (χ4n) is 1.76. The Hall–Kier alpha value is 0.177. The molecule has 1 aliphatic rings. The van der Waals surface area contributed by atoms with Gasteiger partial charge in [0.15, 0.2) is 0 Å². The summed E-state index contributed by atoms with van der Waals surface area (Å²) in [5, 5.41) is 0. The first-order chi connectivity index (χ1) is 6.08. The number of ether oxygens (including phenoxy) is 1. The van der Waals surface area contributed by atoms with E-state index in [-0.39, 0.29) is 0 Å². The topological polar surface area (TPSA) is 9.23 Å². The van der Waals surface area contributed by atoms with Crippen molar-refractivity contribution in [1.29, 1.82) is 0 Å². The van der Waals surface area contributed by atoms with Crippen LogP contribution in [0, 0.1) is 0 Å². The predicted octanol–water partition coefficient (Wildman–Crippen LogP) is 3.67. The van der Waals surface area contributed by atoms with Crippen LogP contribution in [-0.4, -0.2) is 20.8 Å². The zero-order chi connectivity index (χ0) is 9.73. The van der Waals surface area contributed by atoms with E-state index in [1.54, 1.807) is 0 Å². The molecule has 0 saturated heterocycles. The van der Waals surface area contributed by atoms with Gasteiger partial charge in [-0.05, 0) is 18.9 Å². The van der Waals surface area contributed by atoms with E-state index in [9.17, 15) is 0 Å². The van der Waals surface area contributed by atoms with Crippen molar-refractivity contribution in [3.63, 3.8) is 0 Å². The molecule has 0 spiro atoms. The van der Waals surface area contributed by atoms with Gasteiger partial charge in [0.05, 0.1) is 6.10 Å². The van der Waals surface area contributed by atoms with E-state index in [4.69, 9.17) is 4.74 Å². The zero-order valence-electron chi connectivity index (χ0n) is 9.44. The van der Waals surface area contributed by atoms with Gasteiger partial charge in [0.25, 0.3) is 0 Å². The Balaban J connectivity index is 2.04. The van der Waals surface area contributed by atoms with Gasteiger partial charge in [0.2, 0.25) is 0 Å². The molecule has 0 unspecified atom stereocenters. The molecule has 0 bridgehead atoms. The highest BCUT2D eigenvalue weighted by atomic mass is 28.3. The molecule has 0 amide bonds. The molecule has 0 heterocycles. The number of hydrogen-bond acceptors (Lipinski definition) is 1. The SMILES string of the molecule is C[Si](C)(C)CCOC1CCCCC1. The molecule has 0 atom stereocenters. The maximum atomic E-state index is 5.89. The zero-order valence-corrected chi connectivity index (χ0v) is 10.4. The van der Waals surface area contributed by atoms with Crippen LogP contribution in [0.1, 0.15) is 32.1 Å². The number of hydrogen-bond donors (Lipinski definition) is 0. The summed E-state index contributed by atoms with van der Waals surface area (Å²) in [5.74, 6) is 0. The summed E-state index contributed by atoms with van der Waals surface area (Å²) in [6, 6.07) is 1.32. The molecular weight excluding hydrogens is 176 g/mol. The lowest BCUT2D eigenvalue weighted by Gasteiger charge is -2.24. The van der Waals surface area contributed by atoms with Gasteiger partial charge in [-0.1, -0.05) is 38.9 Å². The average Bonchev–Trinajstić information content (AvgIpc) is 2.04. The summed E-state index contributed by atoms with van der Waals surface area (Å²) in [7, 11) is -0.867. The van der Waals surface area contributed by atoms with Crippen molar-refractivity contribution >= 4 is 8.07 Å². The van der Waals surface area contributed by atoms with Gasteiger partial charge >= 0.3 is 0 Å². The van der Waals surface area contributed by atoms with Crippen LogP contribution >= 0.6 is 0 Å². The lowest BCUT2D eigenvalue weighted by atomic mass is 9.98. The predicted molar refractivity (Wildman–Crippen MR) is 61.0 cm³/mol. The van der Waals surface area contributed by atoms with Gasteiger partial charge in [-0.25, -0.2) is 0 Å². The standard InChI is InChI=1S/C11H24OSi/c1-13(2,3)10-9-12-11-7-5-4-6-8-11/h11H,4-10H2,1-3H3. The van der Waals surface area contributed by atoms with Crippen molar-refractivity contribution in [3.05, 3.63) is 0 Å². The molecule has 1 rings (SSSR count). The van der Waals surface area contributed by atoms with E-state index >= 15 is 0 Å². The van der Waals surface area contributed by atoms with Crippen molar-refractivity contribution in [2.24, 2.45) is 0 Å². The molecule has 0 aromatic rings. The Morgan fingerprint density at radius 3 is 2.23 bits per heavy atom. The Morgan fingerprint density at radius 1 is 1.08 bits per heavy atom. The highest BCUT2D eigenvalue weighted by molar-refractivity contribution is 6.76. The molecule has 0 aliphatic heterocycles. The largest absolute Gasteiger partial charge is 0.379 e. The van der Waals surface area contributed by atoms with Crippen molar-refractivity contribution in [2.45, 2.75) is 63.9 Å². The van der Waals surface area contributed by atoms with Gasteiger partial charge in [-0.2, -0.15) is 0 Å². The van der Waals surface area contributed by atoms with Crippen LogP contribution in [-0.2, 0) is 4.74 Å². The highest BCUT2D eigenvalue weighted by Gasteiger charge is 2.16. The van der Waals surface area contributed by atoms with Gasteiger partial charge in [-0.15, -0.1) is 0 Å². The molecule has 2 heteroatoms. The molecule has 0 aromatic heterocycles. The Bertz CT molecular complexity index is 134. The second kappa shape index (κ2) is 5.16. The van der Waals surface area contributed by atoms with Crippen LogP contribution < -0.4 is 0 Å². The quantitative estimate of drug-likeness (QED) is 0.629. The van der Waals surface area contributed by atoms with Crippen molar-refractivity contribution in [1.82, 2.24) is 0 Å². The van der Waals surface area contributed by atoms with E-state index in [0.717, 1.165) is 6.61 Å². The Kier molecular flexibility index (Phi) is 4.46. The molecule has 0 N–H and O–H groups in total. The summed E-state index contributed by atoms with van der Waals surface area (Å²) >= 11 is 0. The van der Waals surface area contributed by atoms with Gasteiger partial charge < -0.3 is 4.74 Å². The molecular formula is C11H24OSi. The first kappa shape index (κ1) is 11.3. The Labute approximate surface area is 83.9 Å². The molecule has 0 aromatic carbocycles. The third-order valence-corrected chi connectivity index (χ3v) is 4.46. The van der Waals surface area contributed by atoms with Gasteiger partial charge in [0, 0.05) is 14.7 Å². The fourth-order valence-corrected chi connectivity index (χ4v) is 2.49. The van der Waals surface area contributed by atoms with Crippen LogP contribution in [0.4, 0.5) is 0 Å². The van der Waals surface area contributed by atoms with Crippen molar-refractivity contribution in [3.8, 4) is 0 Å².